The third-order valence-corrected chi connectivity index (χ3v) is 3.03. The van der Waals surface area contributed by atoms with Gasteiger partial charge in [-0.25, -0.2) is 4.79 Å². The van der Waals surface area contributed by atoms with E-state index >= 15 is 0 Å². The zero-order valence-electron chi connectivity index (χ0n) is 13.1. The van der Waals surface area contributed by atoms with E-state index in [4.69, 9.17) is 4.74 Å². The van der Waals surface area contributed by atoms with Crippen LogP contribution in [0, 0.1) is 11.3 Å². The van der Waals surface area contributed by atoms with Gasteiger partial charge in [-0.15, -0.1) is 0 Å². The summed E-state index contributed by atoms with van der Waals surface area (Å²) >= 11 is 0. The molecule has 1 heterocycles. The van der Waals surface area contributed by atoms with Crippen molar-refractivity contribution in [2.75, 3.05) is 0 Å². The van der Waals surface area contributed by atoms with Crippen molar-refractivity contribution in [1.29, 1.82) is 5.26 Å². The minimum Gasteiger partial charge on any atom is -0.443 e. The molecule has 0 bridgehead atoms. The Morgan fingerprint density at radius 1 is 1.32 bits per heavy atom. The van der Waals surface area contributed by atoms with Crippen LogP contribution in [0.1, 0.15) is 38.8 Å². The molecule has 0 aliphatic heterocycles. The number of ketones is 1. The van der Waals surface area contributed by atoms with E-state index in [9.17, 15) is 14.9 Å². The highest BCUT2D eigenvalue weighted by atomic mass is 16.6. The van der Waals surface area contributed by atoms with Crippen LogP contribution in [0.15, 0.2) is 24.4 Å². The number of nitrogens with zero attached hydrogens (tertiary/aromatic N) is 2. The molecular weight excluding hydrogens is 280 g/mol. The Balaban J connectivity index is 2.52. The molecule has 1 aromatic carbocycles. The van der Waals surface area contributed by atoms with Crippen LogP contribution in [0.4, 0.5) is 4.79 Å². The molecule has 22 heavy (non-hydrogen) atoms. The third kappa shape index (κ3) is 3.34. The van der Waals surface area contributed by atoms with E-state index in [2.05, 4.69) is 6.07 Å². The molecule has 1 aromatic heterocycles. The fourth-order valence-corrected chi connectivity index (χ4v) is 2.23. The maximum Gasteiger partial charge on any atom is 0.419 e. The second kappa shape index (κ2) is 5.64. The van der Waals surface area contributed by atoms with Crippen LogP contribution in [-0.2, 0) is 16.0 Å². The van der Waals surface area contributed by atoms with Crippen LogP contribution >= 0.6 is 0 Å². The molecule has 0 N–H and O–H groups in total. The quantitative estimate of drug-likeness (QED) is 0.851. The van der Waals surface area contributed by atoms with Crippen molar-refractivity contribution in [3.8, 4) is 6.07 Å². The number of ether oxygens (including phenoxy) is 1. The zero-order valence-corrected chi connectivity index (χ0v) is 13.1. The normalized spacial score (nSPS) is 11.2. The number of fused-ring (bicyclic) bond motifs is 1. The average Bonchev–Trinajstić information content (AvgIpc) is 2.74. The molecule has 0 radical (unpaired) electrons. The lowest BCUT2D eigenvalue weighted by Gasteiger charge is -2.19. The molecule has 2 aromatic rings. The van der Waals surface area contributed by atoms with Crippen molar-refractivity contribution in [3.63, 3.8) is 0 Å². The molecule has 5 heteroatoms. The number of benzene rings is 1. The zero-order chi connectivity index (χ0) is 16.5. The van der Waals surface area contributed by atoms with Crippen LogP contribution < -0.4 is 0 Å². The summed E-state index contributed by atoms with van der Waals surface area (Å²) in [5.74, 6) is 0.0458. The lowest BCUT2D eigenvalue weighted by molar-refractivity contribution is -0.116. The van der Waals surface area contributed by atoms with Crippen molar-refractivity contribution in [2.45, 2.75) is 39.7 Å². The summed E-state index contributed by atoms with van der Waals surface area (Å²) in [6, 6.07) is 7.37. The predicted molar refractivity (Wildman–Crippen MR) is 82.7 cm³/mol. The summed E-state index contributed by atoms with van der Waals surface area (Å²) in [5, 5.41) is 9.90. The first-order valence-electron chi connectivity index (χ1n) is 6.98. The van der Waals surface area contributed by atoms with Crippen molar-refractivity contribution in [2.24, 2.45) is 0 Å². The van der Waals surface area contributed by atoms with Gasteiger partial charge in [-0.1, -0.05) is 6.07 Å². The molecule has 0 spiro atoms. The van der Waals surface area contributed by atoms with Crippen LogP contribution in [-0.4, -0.2) is 22.0 Å². The summed E-state index contributed by atoms with van der Waals surface area (Å²) in [5.41, 5.74) is 1.18. The monoisotopic (exact) mass is 298 g/mol. The fourth-order valence-electron chi connectivity index (χ4n) is 2.23. The minimum absolute atomic E-state index is 0.0458. The van der Waals surface area contributed by atoms with E-state index in [-0.39, 0.29) is 5.78 Å². The maximum absolute atomic E-state index is 12.2. The Morgan fingerprint density at radius 3 is 2.55 bits per heavy atom. The SMILES string of the molecule is CC(=O)Cc1ccc2c(c1)c(C#N)cn2C(=O)OC(C)(C)C. The van der Waals surface area contributed by atoms with Gasteiger partial charge >= 0.3 is 6.09 Å². The number of hydrogen-bond acceptors (Lipinski definition) is 4. The number of carbonyl (C=O) groups is 2. The topological polar surface area (TPSA) is 72.1 Å². The first-order chi connectivity index (χ1) is 10.2. The van der Waals surface area contributed by atoms with Gasteiger partial charge in [0, 0.05) is 18.0 Å². The smallest absolute Gasteiger partial charge is 0.419 e. The standard InChI is InChI=1S/C17H18N2O3/c1-11(20)7-12-5-6-15-14(8-12)13(9-18)10-19(15)16(21)22-17(2,3)4/h5-6,8,10H,7H2,1-4H3. The van der Waals surface area contributed by atoms with Gasteiger partial charge in [-0.05, 0) is 45.4 Å². The highest BCUT2D eigenvalue weighted by molar-refractivity contribution is 5.94. The van der Waals surface area contributed by atoms with Crippen LogP contribution in [0.2, 0.25) is 0 Å². The lowest BCUT2D eigenvalue weighted by Crippen LogP contribution is -2.26. The Labute approximate surface area is 129 Å². The molecule has 0 fully saturated rings. The molecule has 0 amide bonds. The Kier molecular flexibility index (Phi) is 4.05. The number of hydrogen-bond donors (Lipinski definition) is 0. The molecule has 0 aliphatic rings. The largest absolute Gasteiger partial charge is 0.443 e. The van der Waals surface area contributed by atoms with E-state index in [0.717, 1.165) is 5.56 Å². The Bertz CT molecular complexity index is 789. The molecule has 0 aliphatic carbocycles. The number of carbonyl (C=O) groups excluding carboxylic acids is 2. The average molecular weight is 298 g/mol. The van der Waals surface area contributed by atoms with Crippen LogP contribution in [0.25, 0.3) is 10.9 Å². The number of rotatable bonds is 2. The summed E-state index contributed by atoms with van der Waals surface area (Å²) in [7, 11) is 0. The van der Waals surface area contributed by atoms with E-state index in [1.54, 1.807) is 39.0 Å². The van der Waals surface area contributed by atoms with Gasteiger partial charge in [-0.3, -0.25) is 9.36 Å². The van der Waals surface area contributed by atoms with Gasteiger partial charge in [0.25, 0.3) is 0 Å². The first kappa shape index (κ1) is 15.8. The van der Waals surface area contributed by atoms with Gasteiger partial charge in [-0.2, -0.15) is 5.26 Å². The fraction of sp³-hybridized carbons (Fsp3) is 0.353. The molecule has 5 nitrogen and oxygen atoms in total. The van der Waals surface area contributed by atoms with Crippen molar-refractivity contribution < 1.29 is 14.3 Å². The highest BCUT2D eigenvalue weighted by Crippen LogP contribution is 2.24. The molecule has 0 unspecified atom stereocenters. The molecule has 0 atom stereocenters. The number of Topliss-reactive ketones (excluding diaryl/α,β-unsaturated/α-hetero) is 1. The van der Waals surface area contributed by atoms with Gasteiger partial charge < -0.3 is 4.74 Å². The highest BCUT2D eigenvalue weighted by Gasteiger charge is 2.21. The third-order valence-electron chi connectivity index (χ3n) is 3.03. The Hall–Kier alpha value is -2.61. The van der Waals surface area contributed by atoms with E-state index < -0.39 is 11.7 Å². The van der Waals surface area contributed by atoms with Gasteiger partial charge in [0.05, 0.1) is 11.1 Å². The second-order valence-electron chi connectivity index (χ2n) is 6.24. The van der Waals surface area contributed by atoms with Crippen molar-refractivity contribution in [1.82, 2.24) is 4.57 Å². The molecule has 2 rings (SSSR count). The van der Waals surface area contributed by atoms with Crippen LogP contribution in [0.3, 0.4) is 0 Å². The van der Waals surface area contributed by atoms with Gasteiger partial charge in [0.1, 0.15) is 17.5 Å². The minimum atomic E-state index is -0.616. The predicted octanol–water partition coefficient (Wildman–Crippen LogP) is 3.43. The summed E-state index contributed by atoms with van der Waals surface area (Å²) in [4.78, 5) is 23.5. The molecular formula is C17H18N2O3. The van der Waals surface area contributed by atoms with E-state index in [1.165, 1.54) is 17.7 Å². The second-order valence-corrected chi connectivity index (χ2v) is 6.24. The van der Waals surface area contributed by atoms with E-state index in [0.29, 0.717) is 22.9 Å². The van der Waals surface area contributed by atoms with Crippen molar-refractivity contribution in [3.05, 3.63) is 35.5 Å². The van der Waals surface area contributed by atoms with Gasteiger partial charge in [0.15, 0.2) is 0 Å². The molecule has 0 saturated heterocycles. The van der Waals surface area contributed by atoms with E-state index in [1.807, 2.05) is 0 Å². The molecule has 0 saturated carbocycles. The van der Waals surface area contributed by atoms with Crippen LogP contribution in [0.5, 0.6) is 0 Å². The first-order valence-corrected chi connectivity index (χ1v) is 6.98. The lowest BCUT2D eigenvalue weighted by atomic mass is 10.1. The summed E-state index contributed by atoms with van der Waals surface area (Å²) < 4.78 is 6.68. The molecule has 114 valence electrons. The maximum atomic E-state index is 12.2. The number of aromatic nitrogens is 1. The summed E-state index contributed by atoms with van der Waals surface area (Å²) in [6.45, 7) is 6.87. The van der Waals surface area contributed by atoms with Gasteiger partial charge in [0.2, 0.25) is 0 Å². The van der Waals surface area contributed by atoms with Crippen molar-refractivity contribution >= 4 is 22.8 Å². The number of nitriles is 1. The Morgan fingerprint density at radius 2 is 2.00 bits per heavy atom. The summed E-state index contributed by atoms with van der Waals surface area (Å²) in [6.07, 6.45) is 1.24.